The van der Waals surface area contributed by atoms with Crippen LogP contribution in [0.25, 0.3) is 5.69 Å². The number of halogens is 4. The van der Waals surface area contributed by atoms with E-state index < -0.39 is 29.4 Å². The third-order valence-corrected chi connectivity index (χ3v) is 4.61. The second-order valence-electron chi connectivity index (χ2n) is 6.49. The van der Waals surface area contributed by atoms with E-state index in [0.717, 1.165) is 11.8 Å². The van der Waals surface area contributed by atoms with Crippen LogP contribution in [0.15, 0.2) is 54.7 Å². The first-order valence-corrected chi connectivity index (χ1v) is 9.53. The van der Waals surface area contributed by atoms with Gasteiger partial charge in [0.25, 0.3) is 5.91 Å². The number of benzene rings is 2. The second kappa shape index (κ2) is 8.79. The highest BCUT2D eigenvalue weighted by molar-refractivity contribution is 6.30. The van der Waals surface area contributed by atoms with E-state index in [1.165, 1.54) is 24.3 Å². The van der Waals surface area contributed by atoms with Crippen molar-refractivity contribution in [2.24, 2.45) is 0 Å². The zero-order valence-corrected chi connectivity index (χ0v) is 17.0. The number of nitrogens with one attached hydrogen (secondary N) is 1. The predicted octanol–water partition coefficient (Wildman–Crippen LogP) is 5.43. The molecule has 0 aliphatic heterocycles. The van der Waals surface area contributed by atoms with Crippen molar-refractivity contribution in [3.05, 3.63) is 76.6 Å². The standard InChI is InChI=1S/C21H19ClF3N3O2/c1-3-30-17-9-7-14(8-10-17)13(2)27-20(29)18-12-26-28(19(18)21(23,24)25)16-6-4-5-15(22)11-16/h4-13H,3H2,1-2H3,(H,27,29). The van der Waals surface area contributed by atoms with Crippen LogP contribution in [-0.2, 0) is 6.18 Å². The smallest absolute Gasteiger partial charge is 0.434 e. The van der Waals surface area contributed by atoms with E-state index >= 15 is 0 Å². The molecule has 1 N–H and O–H groups in total. The molecule has 5 nitrogen and oxygen atoms in total. The van der Waals surface area contributed by atoms with Crippen LogP contribution in [0.1, 0.15) is 41.5 Å². The van der Waals surface area contributed by atoms with Gasteiger partial charge in [-0.05, 0) is 49.7 Å². The highest BCUT2D eigenvalue weighted by Crippen LogP contribution is 2.34. The molecule has 9 heteroatoms. The van der Waals surface area contributed by atoms with Gasteiger partial charge in [0.05, 0.1) is 30.1 Å². The van der Waals surface area contributed by atoms with Gasteiger partial charge in [-0.15, -0.1) is 0 Å². The molecule has 0 spiro atoms. The van der Waals surface area contributed by atoms with E-state index in [4.69, 9.17) is 16.3 Å². The van der Waals surface area contributed by atoms with E-state index in [0.29, 0.717) is 17.0 Å². The van der Waals surface area contributed by atoms with Gasteiger partial charge in [0.15, 0.2) is 5.69 Å². The summed E-state index contributed by atoms with van der Waals surface area (Å²) in [5, 5.41) is 6.64. The summed E-state index contributed by atoms with van der Waals surface area (Å²) in [5.74, 6) is -0.209. The fourth-order valence-electron chi connectivity index (χ4n) is 2.97. The lowest BCUT2D eigenvalue weighted by Crippen LogP contribution is -2.29. The maximum Gasteiger partial charge on any atom is 0.434 e. The molecule has 1 atom stereocenters. The molecule has 0 aliphatic rings. The summed E-state index contributed by atoms with van der Waals surface area (Å²) < 4.78 is 47.4. The number of carbonyl (C=O) groups excluding carboxylic acids is 1. The predicted molar refractivity (Wildman–Crippen MR) is 107 cm³/mol. The molecular weight excluding hydrogens is 419 g/mol. The lowest BCUT2D eigenvalue weighted by atomic mass is 10.1. The van der Waals surface area contributed by atoms with Gasteiger partial charge >= 0.3 is 6.18 Å². The zero-order valence-electron chi connectivity index (χ0n) is 16.2. The monoisotopic (exact) mass is 437 g/mol. The van der Waals surface area contributed by atoms with Crippen LogP contribution in [-0.4, -0.2) is 22.3 Å². The average molecular weight is 438 g/mol. The second-order valence-corrected chi connectivity index (χ2v) is 6.93. The van der Waals surface area contributed by atoms with E-state index in [1.54, 1.807) is 31.2 Å². The first kappa shape index (κ1) is 21.7. The number of hydrogen-bond donors (Lipinski definition) is 1. The fraction of sp³-hybridized carbons (Fsp3) is 0.238. The largest absolute Gasteiger partial charge is 0.494 e. The Balaban J connectivity index is 1.88. The SMILES string of the molecule is CCOc1ccc(C(C)NC(=O)c2cnn(-c3cccc(Cl)c3)c2C(F)(F)F)cc1. The number of rotatable bonds is 6. The van der Waals surface area contributed by atoms with Crippen LogP contribution in [0, 0.1) is 0 Å². The van der Waals surface area contributed by atoms with Crippen molar-refractivity contribution in [1.29, 1.82) is 0 Å². The molecule has 30 heavy (non-hydrogen) atoms. The van der Waals surface area contributed by atoms with Crippen molar-refractivity contribution >= 4 is 17.5 Å². The Kier molecular flexibility index (Phi) is 6.36. The zero-order chi connectivity index (χ0) is 21.9. The van der Waals surface area contributed by atoms with Crippen LogP contribution in [0.3, 0.4) is 0 Å². The Morgan fingerprint density at radius 1 is 1.23 bits per heavy atom. The molecular formula is C21H19ClF3N3O2. The Hall–Kier alpha value is -3.00. The van der Waals surface area contributed by atoms with Gasteiger partial charge in [-0.1, -0.05) is 29.8 Å². The molecule has 3 rings (SSSR count). The summed E-state index contributed by atoms with van der Waals surface area (Å²) in [7, 11) is 0. The first-order valence-electron chi connectivity index (χ1n) is 9.15. The van der Waals surface area contributed by atoms with E-state index in [9.17, 15) is 18.0 Å². The highest BCUT2D eigenvalue weighted by atomic mass is 35.5. The van der Waals surface area contributed by atoms with Crippen molar-refractivity contribution in [1.82, 2.24) is 15.1 Å². The van der Waals surface area contributed by atoms with Gasteiger partial charge in [0, 0.05) is 5.02 Å². The molecule has 3 aromatic rings. The number of amides is 1. The number of ether oxygens (including phenoxy) is 1. The van der Waals surface area contributed by atoms with Crippen molar-refractivity contribution in [3.8, 4) is 11.4 Å². The summed E-state index contributed by atoms with van der Waals surface area (Å²) in [6.45, 7) is 4.06. The van der Waals surface area contributed by atoms with Crippen LogP contribution < -0.4 is 10.1 Å². The average Bonchev–Trinajstić information content (AvgIpc) is 3.15. The maximum absolute atomic E-state index is 13.8. The summed E-state index contributed by atoms with van der Waals surface area (Å²) >= 11 is 5.89. The van der Waals surface area contributed by atoms with Crippen LogP contribution in [0.5, 0.6) is 5.75 Å². The topological polar surface area (TPSA) is 56.1 Å². The van der Waals surface area contributed by atoms with E-state index in [1.807, 2.05) is 6.92 Å². The number of alkyl halides is 3. The van der Waals surface area contributed by atoms with Gasteiger partial charge in [0.2, 0.25) is 0 Å². The third kappa shape index (κ3) is 4.76. The summed E-state index contributed by atoms with van der Waals surface area (Å²) in [6, 6.07) is 12.3. The molecule has 1 aromatic heterocycles. The fourth-order valence-corrected chi connectivity index (χ4v) is 3.15. The first-order chi connectivity index (χ1) is 14.2. The van der Waals surface area contributed by atoms with Crippen molar-refractivity contribution in [2.75, 3.05) is 6.61 Å². The quantitative estimate of drug-likeness (QED) is 0.559. The summed E-state index contributed by atoms with van der Waals surface area (Å²) in [6.07, 6.45) is -3.89. The Morgan fingerprint density at radius 2 is 1.93 bits per heavy atom. The molecule has 158 valence electrons. The lowest BCUT2D eigenvalue weighted by Gasteiger charge is -2.16. The Bertz CT molecular complexity index is 1030. The molecule has 2 aromatic carbocycles. The van der Waals surface area contributed by atoms with Gasteiger partial charge in [-0.3, -0.25) is 4.79 Å². The molecule has 0 aliphatic carbocycles. The molecule has 1 heterocycles. The Labute approximate surface area is 176 Å². The molecule has 0 radical (unpaired) electrons. The maximum atomic E-state index is 13.8. The molecule has 1 unspecified atom stereocenters. The van der Waals surface area contributed by atoms with E-state index in [2.05, 4.69) is 10.4 Å². The van der Waals surface area contributed by atoms with E-state index in [-0.39, 0.29) is 10.7 Å². The molecule has 1 amide bonds. The van der Waals surface area contributed by atoms with Gasteiger partial charge < -0.3 is 10.1 Å². The molecule has 0 bridgehead atoms. The summed E-state index contributed by atoms with van der Waals surface area (Å²) in [5.41, 5.74) is -0.905. The highest BCUT2D eigenvalue weighted by Gasteiger charge is 2.40. The minimum atomic E-state index is -4.80. The van der Waals surface area contributed by atoms with Crippen LogP contribution in [0.4, 0.5) is 13.2 Å². The molecule has 0 saturated heterocycles. The van der Waals surface area contributed by atoms with Crippen molar-refractivity contribution in [3.63, 3.8) is 0 Å². The number of carbonyl (C=O) groups is 1. The normalized spacial score (nSPS) is 12.5. The van der Waals surface area contributed by atoms with Gasteiger partial charge in [-0.2, -0.15) is 18.3 Å². The molecule has 0 saturated carbocycles. The number of nitrogens with zero attached hydrogens (tertiary/aromatic N) is 2. The summed E-state index contributed by atoms with van der Waals surface area (Å²) in [4.78, 5) is 12.7. The number of aromatic nitrogens is 2. The number of hydrogen-bond acceptors (Lipinski definition) is 3. The lowest BCUT2D eigenvalue weighted by molar-refractivity contribution is -0.143. The van der Waals surface area contributed by atoms with Crippen molar-refractivity contribution in [2.45, 2.75) is 26.1 Å². The van der Waals surface area contributed by atoms with Crippen LogP contribution in [0.2, 0.25) is 5.02 Å². The minimum absolute atomic E-state index is 0.105. The minimum Gasteiger partial charge on any atom is -0.494 e. The van der Waals surface area contributed by atoms with Crippen molar-refractivity contribution < 1.29 is 22.7 Å². The molecule has 0 fully saturated rings. The Morgan fingerprint density at radius 3 is 2.53 bits per heavy atom. The van der Waals surface area contributed by atoms with Gasteiger partial charge in [0.1, 0.15) is 5.75 Å². The van der Waals surface area contributed by atoms with Crippen LogP contribution >= 0.6 is 11.6 Å². The van der Waals surface area contributed by atoms with Gasteiger partial charge in [-0.25, -0.2) is 4.68 Å². The third-order valence-electron chi connectivity index (χ3n) is 4.37.